The normalized spacial score (nSPS) is 14.3. The van der Waals surface area contributed by atoms with Crippen molar-refractivity contribution < 1.29 is 19.5 Å². The number of fused-ring (bicyclic) bond motifs is 10. The highest BCUT2D eigenvalue weighted by Gasteiger charge is 2.22. The minimum atomic E-state index is -0.692. The second-order valence-corrected chi connectivity index (χ2v) is 16.2. The first-order valence-corrected chi connectivity index (χ1v) is 21.0. The summed E-state index contributed by atoms with van der Waals surface area (Å²) in [5, 5.41) is 3.67. The molecule has 5 nitrogen and oxygen atoms in total. The number of thiophene rings is 1. The van der Waals surface area contributed by atoms with Crippen LogP contribution in [0.5, 0.6) is 0 Å². The Hall–Kier alpha value is -8.19. The first-order valence-electron chi connectivity index (χ1n) is 25.7. The maximum absolute atomic E-state index is 9.84. The van der Waals surface area contributed by atoms with Crippen molar-refractivity contribution in [3.63, 3.8) is 0 Å². The van der Waals surface area contributed by atoms with Crippen LogP contribution in [0.1, 0.15) is 15.1 Å². The molecule has 0 bridgehead atoms. The molecule has 0 aliphatic rings. The first-order chi connectivity index (χ1) is 35.8. The SMILES string of the molecule is [2H]c1c([2H])c([2H])c(-c2c([2H])c([2H])c([2H])c3oc4c([2H])c(-c5nc(-c6ccc(-c7ccccc7)cc6)nc(-n6c7cc(-c8ccccc8)ccc7c7c8c(ccc76)sc6ccccc68)n5)c([2H])c([2H])c4c23)c([2H])c1[2H]. The Labute approximate surface area is 381 Å². The Morgan fingerprint density at radius 1 is 0.429 bits per heavy atom. The number of rotatable bonds is 6. The maximum Gasteiger partial charge on any atom is 0.238 e. The highest BCUT2D eigenvalue weighted by Crippen LogP contribution is 2.44. The summed E-state index contributed by atoms with van der Waals surface area (Å²) >= 11 is 1.71. The van der Waals surface area contributed by atoms with Gasteiger partial charge in [-0.2, -0.15) is 9.97 Å². The zero-order chi connectivity index (χ0) is 51.0. The van der Waals surface area contributed by atoms with E-state index in [4.69, 9.17) is 30.3 Å². The topological polar surface area (TPSA) is 56.7 Å². The van der Waals surface area contributed by atoms with Gasteiger partial charge in [-0.15, -0.1) is 11.3 Å². The second-order valence-electron chi connectivity index (χ2n) is 15.1. The van der Waals surface area contributed by atoms with E-state index in [2.05, 4.69) is 36.4 Å². The number of aromatic nitrogens is 4. The van der Waals surface area contributed by atoms with Crippen LogP contribution >= 0.6 is 11.3 Å². The first kappa shape index (κ1) is 26.2. The molecule has 4 heterocycles. The average Bonchev–Trinajstić information content (AvgIpc) is 4.14. The molecular formula is C57H34N4OS. The Bertz CT molecular complexity index is 4530. The molecule has 0 aliphatic heterocycles. The van der Waals surface area contributed by atoms with Crippen molar-refractivity contribution in [2.45, 2.75) is 0 Å². The molecule has 294 valence electrons. The molecule has 0 aliphatic carbocycles. The predicted octanol–water partition coefficient (Wildman–Crippen LogP) is 15.6. The summed E-state index contributed by atoms with van der Waals surface area (Å²) in [6.45, 7) is 0. The van der Waals surface area contributed by atoms with Crippen LogP contribution in [0, 0.1) is 0 Å². The Balaban J connectivity index is 1.12. The van der Waals surface area contributed by atoms with Crippen molar-refractivity contribution in [2.24, 2.45) is 0 Å². The van der Waals surface area contributed by atoms with Crippen LogP contribution in [0.3, 0.4) is 0 Å². The van der Waals surface area contributed by atoms with Crippen LogP contribution < -0.4 is 0 Å². The fourth-order valence-corrected chi connectivity index (χ4v) is 9.73. The van der Waals surface area contributed by atoms with Crippen LogP contribution in [0.4, 0.5) is 0 Å². The van der Waals surface area contributed by atoms with E-state index in [0.717, 1.165) is 64.2 Å². The van der Waals surface area contributed by atoms with Gasteiger partial charge in [0.2, 0.25) is 5.95 Å². The number of nitrogens with zero attached hydrogens (tertiary/aromatic N) is 4. The molecule has 13 aromatic rings. The van der Waals surface area contributed by atoms with E-state index in [0.29, 0.717) is 5.56 Å². The molecule has 63 heavy (non-hydrogen) atoms. The molecule has 9 aromatic carbocycles. The molecular weight excluding hydrogens is 789 g/mol. The molecule has 0 atom stereocenters. The molecule has 4 aromatic heterocycles. The van der Waals surface area contributed by atoms with Gasteiger partial charge in [0.15, 0.2) is 11.6 Å². The molecule has 0 unspecified atom stereocenters. The molecule has 0 amide bonds. The molecule has 0 radical (unpaired) electrons. The van der Waals surface area contributed by atoms with Gasteiger partial charge in [-0.1, -0.05) is 164 Å². The fraction of sp³-hybridized carbons (Fsp3) is 0. The Morgan fingerprint density at radius 3 is 1.94 bits per heavy atom. The van der Waals surface area contributed by atoms with E-state index in [1.165, 1.54) is 0 Å². The summed E-state index contributed by atoms with van der Waals surface area (Å²) < 4.78 is 109. The van der Waals surface area contributed by atoms with Gasteiger partial charge in [0.25, 0.3) is 0 Å². The summed E-state index contributed by atoms with van der Waals surface area (Å²) in [5.41, 5.74) is 4.37. The lowest BCUT2D eigenvalue weighted by Gasteiger charge is -2.12. The lowest BCUT2D eigenvalue weighted by Crippen LogP contribution is -2.06. The molecule has 0 saturated carbocycles. The third kappa shape index (κ3) is 5.80. The van der Waals surface area contributed by atoms with E-state index in [-0.39, 0.29) is 50.7 Å². The van der Waals surface area contributed by atoms with E-state index < -0.39 is 72.0 Å². The minimum Gasteiger partial charge on any atom is -0.456 e. The van der Waals surface area contributed by atoms with Crippen LogP contribution in [-0.2, 0) is 0 Å². The molecule has 0 N–H and O–H groups in total. The van der Waals surface area contributed by atoms with E-state index >= 15 is 0 Å². The third-order valence-electron chi connectivity index (χ3n) is 11.5. The van der Waals surface area contributed by atoms with E-state index in [1.54, 1.807) is 11.3 Å². The highest BCUT2D eigenvalue weighted by molar-refractivity contribution is 7.26. The van der Waals surface area contributed by atoms with Crippen molar-refractivity contribution in [3.8, 4) is 62.1 Å². The van der Waals surface area contributed by atoms with Gasteiger partial charge in [0.05, 0.1) is 26.1 Å². The van der Waals surface area contributed by atoms with Gasteiger partial charge in [0, 0.05) is 52.8 Å². The molecule has 6 heteroatoms. The largest absolute Gasteiger partial charge is 0.456 e. The second kappa shape index (κ2) is 14.2. The summed E-state index contributed by atoms with van der Waals surface area (Å²) in [4.78, 5) is 15.3. The standard InChI is InChI=1S/C57H34N4OS/c1-4-13-35(14-5-1)37-23-25-39(26-24-37)55-58-56(41-28-30-44-49(34-41)62-48-21-12-20-42(52(44)48)38-17-8-3-9-18-38)60-57(59-55)61-46-31-32-51-54(45-19-10-11-22-50(45)63-51)53(46)43-29-27-40(33-47(43)61)36-15-6-2-7-16-36/h1-34H/i3D,8D,9D,12D,17D,18D,20D,21D,28D,30D,34D. The maximum atomic E-state index is 9.84. The molecule has 0 saturated heterocycles. The average molecular weight is 834 g/mol. The summed E-state index contributed by atoms with van der Waals surface area (Å²) in [6, 6.07) is 39.6. The van der Waals surface area contributed by atoms with Gasteiger partial charge in [-0.25, -0.2) is 4.98 Å². The van der Waals surface area contributed by atoms with Gasteiger partial charge in [0.1, 0.15) is 11.2 Å². The van der Waals surface area contributed by atoms with Crippen LogP contribution in [0.25, 0.3) is 126 Å². The van der Waals surface area contributed by atoms with Crippen LogP contribution in [0.2, 0.25) is 0 Å². The summed E-state index contributed by atoms with van der Waals surface area (Å²) in [6.07, 6.45) is 0. The van der Waals surface area contributed by atoms with Crippen molar-refractivity contribution in [3.05, 3.63) is 206 Å². The molecule has 0 spiro atoms. The zero-order valence-electron chi connectivity index (χ0n) is 43.9. The summed E-state index contributed by atoms with van der Waals surface area (Å²) in [7, 11) is 0. The lowest BCUT2D eigenvalue weighted by atomic mass is 9.99. The number of furan rings is 1. The smallest absolute Gasteiger partial charge is 0.238 e. The van der Waals surface area contributed by atoms with Crippen molar-refractivity contribution in [1.29, 1.82) is 0 Å². The lowest BCUT2D eigenvalue weighted by molar-refractivity contribution is 0.669. The van der Waals surface area contributed by atoms with Gasteiger partial charge >= 0.3 is 0 Å². The highest BCUT2D eigenvalue weighted by atomic mass is 32.1. The Kier molecular flexibility index (Phi) is 5.91. The van der Waals surface area contributed by atoms with Crippen molar-refractivity contribution >= 4 is 75.3 Å². The Morgan fingerprint density at radius 2 is 1.13 bits per heavy atom. The monoisotopic (exact) mass is 833 g/mol. The predicted molar refractivity (Wildman–Crippen MR) is 262 cm³/mol. The quantitative estimate of drug-likeness (QED) is 0.167. The third-order valence-corrected chi connectivity index (χ3v) is 12.6. The number of benzene rings is 9. The number of hydrogen-bond acceptors (Lipinski definition) is 5. The van der Waals surface area contributed by atoms with Gasteiger partial charge < -0.3 is 4.42 Å². The van der Waals surface area contributed by atoms with E-state index in [1.807, 2.05) is 108 Å². The van der Waals surface area contributed by atoms with E-state index in [9.17, 15) is 4.11 Å². The van der Waals surface area contributed by atoms with Crippen LogP contribution in [0.15, 0.2) is 210 Å². The summed E-state index contributed by atoms with van der Waals surface area (Å²) in [5.74, 6) is 0.218. The minimum absolute atomic E-state index is 0.140. The number of hydrogen-bond donors (Lipinski definition) is 0. The van der Waals surface area contributed by atoms with Crippen molar-refractivity contribution in [1.82, 2.24) is 19.5 Å². The van der Waals surface area contributed by atoms with Crippen molar-refractivity contribution in [2.75, 3.05) is 0 Å². The van der Waals surface area contributed by atoms with Gasteiger partial charge in [-0.3, -0.25) is 4.57 Å². The zero-order valence-corrected chi connectivity index (χ0v) is 33.7. The fourth-order valence-electron chi connectivity index (χ4n) is 8.62. The van der Waals surface area contributed by atoms with Gasteiger partial charge in [-0.05, 0) is 75.8 Å². The molecule has 0 fully saturated rings. The molecule has 13 rings (SSSR count). The van der Waals surface area contributed by atoms with Crippen LogP contribution in [-0.4, -0.2) is 19.5 Å².